The van der Waals surface area contributed by atoms with Gasteiger partial charge >= 0.3 is 103 Å². The third kappa shape index (κ3) is 21.1. The van der Waals surface area contributed by atoms with Crippen molar-refractivity contribution in [3.05, 3.63) is 131 Å². The summed E-state index contributed by atoms with van der Waals surface area (Å²) in [7, 11) is 3.08. The molecule has 0 spiro atoms. The fraction of sp³-hybridized carbons (Fsp3) is 0.139. The average Bonchev–Trinajstić information content (AvgIpc) is 3.18. The van der Waals surface area contributed by atoms with Crippen LogP contribution in [0.1, 0.15) is 33.3 Å². The number of para-hydroxylation sites is 1. The average molecular weight is 794 g/mol. The summed E-state index contributed by atoms with van der Waals surface area (Å²) in [5, 5.41) is 33.2. The molecule has 0 atom stereocenters. The van der Waals surface area contributed by atoms with Gasteiger partial charge < -0.3 is 37.4 Å². The van der Waals surface area contributed by atoms with Gasteiger partial charge in [0.25, 0.3) is 24.2 Å². The number of ketones is 1. The molecule has 0 aliphatic heterocycles. The molecule has 4 aromatic rings. The van der Waals surface area contributed by atoms with Crippen molar-refractivity contribution in [1.29, 1.82) is 5.26 Å². The Hall–Kier alpha value is -3.47. The maximum absolute atomic E-state index is 12.0. The number of phenols is 1. The van der Waals surface area contributed by atoms with Gasteiger partial charge in [-0.15, -0.1) is 11.6 Å². The topological polar surface area (TPSA) is 211 Å². The molecule has 0 radical (unpaired) electrons. The third-order valence-corrected chi connectivity index (χ3v) is 6.37. The number of ether oxygens (including phenoxy) is 1. The second-order valence-electron chi connectivity index (χ2n) is 9.50. The van der Waals surface area contributed by atoms with Crippen molar-refractivity contribution in [3.63, 3.8) is 0 Å². The van der Waals surface area contributed by atoms with Gasteiger partial charge in [-0.2, -0.15) is 5.26 Å². The third-order valence-electron chi connectivity index (χ3n) is 6.07. The molecule has 53 heavy (non-hydrogen) atoms. The van der Waals surface area contributed by atoms with E-state index in [2.05, 4.69) is 25.7 Å². The van der Waals surface area contributed by atoms with Gasteiger partial charge in [0.15, 0.2) is 18.1 Å². The van der Waals surface area contributed by atoms with E-state index in [1.54, 1.807) is 92.0 Å². The van der Waals surface area contributed by atoms with Gasteiger partial charge in [-0.3, -0.25) is 24.0 Å². The maximum Gasteiger partial charge on any atom is 1.00 e. The van der Waals surface area contributed by atoms with Crippen molar-refractivity contribution < 1.29 is 148 Å². The van der Waals surface area contributed by atoms with Crippen molar-refractivity contribution in [2.24, 2.45) is 0 Å². The Morgan fingerprint density at radius 2 is 1.43 bits per heavy atom. The SMILES string of the molecule is CNC(=O)c1ccccc1CC(=O)CCl.N#Cc1ccc(O)cc1.O=CO[O-].[C-]#[N+]c1ccc(OCC(=O)Nc2ccccc2C(=O)NC)cc1.[H-].[K+].[K+]. The van der Waals surface area contributed by atoms with Crippen molar-refractivity contribution in [2.45, 2.75) is 6.42 Å². The molecule has 4 aromatic carbocycles. The molecule has 266 valence electrons. The number of anilines is 1. The molecule has 3 amide bonds. The number of phenolic OH excluding ortho intramolecular Hbond substituents is 1. The molecule has 0 unspecified atom stereocenters. The number of hydrogen-bond acceptors (Lipinski definition) is 10. The molecule has 0 aliphatic carbocycles. The van der Waals surface area contributed by atoms with E-state index < -0.39 is 0 Å². The number of benzene rings is 4. The number of amides is 3. The Kier molecular flexibility index (Phi) is 30.1. The molecule has 4 rings (SSSR count). The minimum absolute atomic E-state index is 0. The summed E-state index contributed by atoms with van der Waals surface area (Å²) in [6.45, 7) is 6.49. The van der Waals surface area contributed by atoms with Crippen LogP contribution < -0.4 is 129 Å². The van der Waals surface area contributed by atoms with Crippen LogP contribution in [0, 0.1) is 17.9 Å². The van der Waals surface area contributed by atoms with Crippen LogP contribution in [0.3, 0.4) is 0 Å². The molecule has 0 fully saturated rings. The number of hydrogen-bond donors (Lipinski definition) is 4. The van der Waals surface area contributed by atoms with E-state index in [4.69, 9.17) is 43.3 Å². The predicted molar refractivity (Wildman–Crippen MR) is 187 cm³/mol. The van der Waals surface area contributed by atoms with Gasteiger partial charge in [-0.25, -0.2) is 4.85 Å². The number of nitriles is 1. The summed E-state index contributed by atoms with van der Waals surface area (Å²) in [6.07, 6.45) is 0.201. The number of nitrogens with one attached hydrogen (secondary N) is 3. The van der Waals surface area contributed by atoms with Crippen LogP contribution in [-0.2, 0) is 25.7 Å². The zero-order chi connectivity index (χ0) is 38.0. The number of Topliss-reactive ketones (excluding diaryl/α,β-unsaturated/α-hetero) is 1. The quantitative estimate of drug-likeness (QED) is 0.0341. The van der Waals surface area contributed by atoms with E-state index >= 15 is 0 Å². The van der Waals surface area contributed by atoms with Gasteiger partial charge in [-0.05, 0) is 60.2 Å². The fourth-order valence-electron chi connectivity index (χ4n) is 3.70. The summed E-state index contributed by atoms with van der Waals surface area (Å²) >= 11 is 5.42. The van der Waals surface area contributed by atoms with Crippen LogP contribution in [-0.4, -0.2) is 61.7 Å². The van der Waals surface area contributed by atoms with Gasteiger partial charge in [-0.1, -0.05) is 42.5 Å². The van der Waals surface area contributed by atoms with Crippen molar-refractivity contribution in [2.75, 3.05) is 31.9 Å². The van der Waals surface area contributed by atoms with Crippen molar-refractivity contribution in [1.82, 2.24) is 10.6 Å². The Bertz CT molecular complexity index is 1840. The molecule has 0 aromatic heterocycles. The maximum atomic E-state index is 12.0. The van der Waals surface area contributed by atoms with Gasteiger partial charge in [0, 0.05) is 26.1 Å². The summed E-state index contributed by atoms with van der Waals surface area (Å²) < 4.78 is 5.35. The normalized spacial score (nSPS) is 8.72. The number of rotatable bonds is 10. The Balaban J connectivity index is -0.000000724. The molecule has 0 heterocycles. The van der Waals surface area contributed by atoms with E-state index in [1.165, 1.54) is 19.2 Å². The molecule has 0 bridgehead atoms. The monoisotopic (exact) mass is 793 g/mol. The minimum atomic E-state index is -0.379. The zero-order valence-corrected chi connectivity index (χ0v) is 36.4. The zero-order valence-electron chi connectivity index (χ0n) is 30.4. The Labute approximate surface area is 398 Å². The molecule has 0 saturated heterocycles. The second kappa shape index (κ2) is 30.9. The van der Waals surface area contributed by atoms with E-state index in [-0.39, 0.29) is 159 Å². The fourth-order valence-corrected chi connectivity index (χ4v) is 3.80. The molecule has 4 N–H and O–H groups in total. The first kappa shape index (κ1) is 51.6. The number of nitrogens with zero attached hydrogens (tertiary/aromatic N) is 2. The summed E-state index contributed by atoms with van der Waals surface area (Å²) in [5.74, 6) is -0.281. The largest absolute Gasteiger partial charge is 1.00 e. The second-order valence-corrected chi connectivity index (χ2v) is 9.77. The first-order chi connectivity index (χ1) is 24.6. The van der Waals surface area contributed by atoms with Crippen LogP contribution in [0.2, 0.25) is 0 Å². The molecule has 14 nitrogen and oxygen atoms in total. The Morgan fingerprint density at radius 1 is 0.906 bits per heavy atom. The van der Waals surface area contributed by atoms with Crippen LogP contribution >= 0.6 is 11.6 Å². The van der Waals surface area contributed by atoms with E-state index in [0.717, 1.165) is 0 Å². The minimum Gasteiger partial charge on any atom is -1.00 e. The Morgan fingerprint density at radius 3 is 1.94 bits per heavy atom. The van der Waals surface area contributed by atoms with Crippen LogP contribution in [0.15, 0.2) is 97.1 Å². The molecule has 0 aliphatic rings. The standard InChI is InChI=1S/C17H15N3O3.C11H12ClNO2.C7H5NO.CH2O3.2K.H/c1-18-12-7-9-13(10-8-12)23-11-16(21)20-15-6-4-3-5-14(15)17(22)19-2;1-13-11(15)10-5-3-2-4-8(10)6-9(14)7-12;8-5-6-1-3-7(9)4-2-6;2-1-4-3;;;/h3-10H,11H2,2H3,(H,19,22)(H,20,21);2-5H,6-7H2,1H3,(H,13,15);1-4,9H;1,3H;;;/q;;;;2*+1;-1/p-1. The first-order valence-corrected chi connectivity index (χ1v) is 15.1. The van der Waals surface area contributed by atoms with Crippen LogP contribution in [0.5, 0.6) is 11.5 Å². The summed E-state index contributed by atoms with van der Waals surface area (Å²) in [6, 6.07) is 28.2. The van der Waals surface area contributed by atoms with Crippen LogP contribution in [0.4, 0.5) is 11.4 Å². The number of aromatic hydroxyl groups is 1. The van der Waals surface area contributed by atoms with Crippen LogP contribution in [0.25, 0.3) is 4.85 Å². The molecule has 17 heteroatoms. The smallest absolute Gasteiger partial charge is 1.00 e. The van der Waals surface area contributed by atoms with E-state index in [1.807, 2.05) is 6.07 Å². The number of carbonyl (C=O) groups is 5. The number of halogens is 1. The predicted octanol–water partition coefficient (Wildman–Crippen LogP) is -2.17. The summed E-state index contributed by atoms with van der Waals surface area (Å²) in [5.41, 5.74) is 3.10. The summed E-state index contributed by atoms with van der Waals surface area (Å²) in [4.78, 5) is 60.8. The van der Waals surface area contributed by atoms with Gasteiger partial charge in [0.05, 0.1) is 35.3 Å². The van der Waals surface area contributed by atoms with Gasteiger partial charge in [0.1, 0.15) is 11.5 Å². The van der Waals surface area contributed by atoms with Crippen molar-refractivity contribution in [3.8, 4) is 17.6 Å². The molecule has 0 saturated carbocycles. The molecular weight excluding hydrogens is 760 g/mol. The molecular formula is C36H34ClK2N5O9. The number of carbonyl (C=O) groups excluding carboxylic acids is 5. The number of alkyl halides is 1. The van der Waals surface area contributed by atoms with E-state index in [9.17, 15) is 19.2 Å². The van der Waals surface area contributed by atoms with Crippen molar-refractivity contribution >= 4 is 53.0 Å². The first-order valence-electron chi connectivity index (χ1n) is 14.6. The van der Waals surface area contributed by atoms with Gasteiger partial charge in [0.2, 0.25) is 0 Å². The van der Waals surface area contributed by atoms with E-state index in [0.29, 0.717) is 39.4 Å².